The number of aliphatic hydroxyl groups is 1. The molecule has 4 N–H and O–H groups in total. The highest BCUT2D eigenvalue weighted by atomic mass is 35.5. The SMILES string of the molecule is Nc1c(Cl)cc(C(O)CNCCc2ccccc2)cc1Cl. The Morgan fingerprint density at radius 3 is 2.33 bits per heavy atom. The van der Waals surface area contributed by atoms with Crippen molar-refractivity contribution in [2.45, 2.75) is 12.5 Å². The van der Waals surface area contributed by atoms with Gasteiger partial charge in [0.05, 0.1) is 21.8 Å². The molecule has 2 rings (SSSR count). The summed E-state index contributed by atoms with van der Waals surface area (Å²) in [6, 6.07) is 13.5. The Balaban J connectivity index is 1.83. The number of nitrogen functional groups attached to an aromatic ring is 1. The molecule has 1 atom stereocenters. The van der Waals surface area contributed by atoms with Crippen LogP contribution in [0.15, 0.2) is 42.5 Å². The van der Waals surface area contributed by atoms with Crippen LogP contribution in [0.2, 0.25) is 10.0 Å². The molecule has 0 fully saturated rings. The fraction of sp³-hybridized carbons (Fsp3) is 0.250. The molecule has 112 valence electrons. The van der Waals surface area contributed by atoms with Gasteiger partial charge in [-0.1, -0.05) is 53.5 Å². The number of nitrogens with two attached hydrogens (primary N) is 1. The first-order valence-corrected chi connectivity index (χ1v) is 7.50. The molecule has 0 spiro atoms. The summed E-state index contributed by atoms with van der Waals surface area (Å²) in [6.45, 7) is 1.22. The first-order chi connectivity index (χ1) is 10.1. The Kier molecular flexibility index (Phi) is 5.88. The van der Waals surface area contributed by atoms with Crippen molar-refractivity contribution in [3.05, 3.63) is 63.6 Å². The van der Waals surface area contributed by atoms with Gasteiger partial charge < -0.3 is 16.2 Å². The second-order valence-corrected chi connectivity index (χ2v) is 5.67. The molecule has 1 unspecified atom stereocenters. The molecule has 0 saturated carbocycles. The molecule has 0 aliphatic carbocycles. The highest BCUT2D eigenvalue weighted by Crippen LogP contribution is 2.31. The molecule has 0 saturated heterocycles. The van der Waals surface area contributed by atoms with E-state index in [0.29, 0.717) is 27.8 Å². The Labute approximate surface area is 134 Å². The summed E-state index contributed by atoms with van der Waals surface area (Å²) < 4.78 is 0. The molecule has 3 nitrogen and oxygen atoms in total. The lowest BCUT2D eigenvalue weighted by Gasteiger charge is -2.14. The minimum absolute atomic E-state index is 0.339. The van der Waals surface area contributed by atoms with Crippen molar-refractivity contribution in [2.75, 3.05) is 18.8 Å². The van der Waals surface area contributed by atoms with Gasteiger partial charge in [-0.05, 0) is 36.2 Å². The second kappa shape index (κ2) is 7.66. The summed E-state index contributed by atoms with van der Waals surface area (Å²) in [7, 11) is 0. The lowest BCUT2D eigenvalue weighted by molar-refractivity contribution is 0.175. The predicted molar refractivity (Wildman–Crippen MR) is 88.8 cm³/mol. The maximum Gasteiger partial charge on any atom is 0.0915 e. The maximum atomic E-state index is 10.1. The van der Waals surface area contributed by atoms with Crippen LogP contribution in [-0.2, 0) is 6.42 Å². The molecule has 5 heteroatoms. The number of anilines is 1. The lowest BCUT2D eigenvalue weighted by Crippen LogP contribution is -2.23. The van der Waals surface area contributed by atoms with E-state index in [9.17, 15) is 5.11 Å². The fourth-order valence-corrected chi connectivity index (χ4v) is 2.53. The van der Waals surface area contributed by atoms with Crippen molar-refractivity contribution in [1.82, 2.24) is 5.32 Å². The molecule has 0 bridgehead atoms. The van der Waals surface area contributed by atoms with Gasteiger partial charge in [-0.3, -0.25) is 0 Å². The van der Waals surface area contributed by atoms with E-state index >= 15 is 0 Å². The molecule has 0 radical (unpaired) electrons. The van der Waals surface area contributed by atoms with Crippen LogP contribution in [0.4, 0.5) is 5.69 Å². The van der Waals surface area contributed by atoms with Crippen molar-refractivity contribution in [2.24, 2.45) is 0 Å². The first kappa shape index (κ1) is 16.1. The van der Waals surface area contributed by atoms with Gasteiger partial charge in [0.15, 0.2) is 0 Å². The van der Waals surface area contributed by atoms with E-state index in [1.165, 1.54) is 5.56 Å². The van der Waals surface area contributed by atoms with Crippen LogP contribution < -0.4 is 11.1 Å². The molecule has 0 amide bonds. The third kappa shape index (κ3) is 4.61. The second-order valence-electron chi connectivity index (χ2n) is 4.85. The van der Waals surface area contributed by atoms with Crippen LogP contribution in [0, 0.1) is 0 Å². The quantitative estimate of drug-likeness (QED) is 0.563. The first-order valence-electron chi connectivity index (χ1n) is 6.75. The van der Waals surface area contributed by atoms with E-state index in [-0.39, 0.29) is 0 Å². The Morgan fingerprint density at radius 1 is 1.10 bits per heavy atom. The zero-order chi connectivity index (χ0) is 15.2. The molecule has 0 aliphatic heterocycles. The van der Waals surface area contributed by atoms with Crippen LogP contribution in [0.25, 0.3) is 0 Å². The van der Waals surface area contributed by atoms with Gasteiger partial charge in [0.2, 0.25) is 0 Å². The molecule has 0 aliphatic rings. The van der Waals surface area contributed by atoms with Crippen LogP contribution in [0.5, 0.6) is 0 Å². The normalized spacial score (nSPS) is 12.3. The largest absolute Gasteiger partial charge is 0.396 e. The van der Waals surface area contributed by atoms with Crippen LogP contribution in [0.3, 0.4) is 0 Å². The molecular formula is C16H18Cl2N2O. The van der Waals surface area contributed by atoms with E-state index in [1.807, 2.05) is 18.2 Å². The van der Waals surface area contributed by atoms with Crippen LogP contribution in [-0.4, -0.2) is 18.2 Å². The highest BCUT2D eigenvalue weighted by Gasteiger charge is 2.11. The van der Waals surface area contributed by atoms with E-state index < -0.39 is 6.10 Å². The predicted octanol–water partition coefficient (Wildman–Crippen LogP) is 3.44. The zero-order valence-corrected chi connectivity index (χ0v) is 13.0. The Hall–Kier alpha value is -1.26. The summed E-state index contributed by atoms with van der Waals surface area (Å²) in [5.41, 5.74) is 7.94. The van der Waals surface area contributed by atoms with E-state index in [2.05, 4.69) is 17.4 Å². The smallest absolute Gasteiger partial charge is 0.0915 e. The van der Waals surface area contributed by atoms with E-state index in [4.69, 9.17) is 28.9 Å². The van der Waals surface area contributed by atoms with Gasteiger partial charge in [0, 0.05) is 6.54 Å². The summed E-state index contributed by atoms with van der Waals surface area (Å²) in [5, 5.41) is 14.1. The van der Waals surface area contributed by atoms with Crippen LogP contribution in [0.1, 0.15) is 17.2 Å². The van der Waals surface area contributed by atoms with Gasteiger partial charge >= 0.3 is 0 Å². The minimum atomic E-state index is -0.670. The third-order valence-corrected chi connectivity index (χ3v) is 3.88. The number of benzene rings is 2. The molecular weight excluding hydrogens is 307 g/mol. The molecule has 0 heterocycles. The number of hydrogen-bond acceptors (Lipinski definition) is 3. The number of hydrogen-bond donors (Lipinski definition) is 3. The number of aliphatic hydroxyl groups excluding tert-OH is 1. The summed E-state index contributed by atoms with van der Waals surface area (Å²) >= 11 is 11.9. The summed E-state index contributed by atoms with van der Waals surface area (Å²) in [6.07, 6.45) is 0.243. The van der Waals surface area contributed by atoms with Gasteiger partial charge in [0.1, 0.15) is 0 Å². The number of nitrogens with one attached hydrogen (secondary N) is 1. The number of halogens is 2. The number of rotatable bonds is 6. The van der Waals surface area contributed by atoms with E-state index in [1.54, 1.807) is 12.1 Å². The van der Waals surface area contributed by atoms with Gasteiger partial charge in [-0.15, -0.1) is 0 Å². The van der Waals surface area contributed by atoms with Crippen LogP contribution >= 0.6 is 23.2 Å². The monoisotopic (exact) mass is 324 g/mol. The Bertz CT molecular complexity index is 567. The van der Waals surface area contributed by atoms with Crippen molar-refractivity contribution in [1.29, 1.82) is 0 Å². The van der Waals surface area contributed by atoms with Crippen molar-refractivity contribution in [3.8, 4) is 0 Å². The van der Waals surface area contributed by atoms with Gasteiger partial charge in [-0.25, -0.2) is 0 Å². The molecule has 2 aromatic carbocycles. The van der Waals surface area contributed by atoms with E-state index in [0.717, 1.165) is 13.0 Å². The fourth-order valence-electron chi connectivity index (χ4n) is 2.03. The molecule has 2 aromatic rings. The van der Waals surface area contributed by atoms with Crippen molar-refractivity contribution < 1.29 is 5.11 Å². The standard InChI is InChI=1S/C16H18Cl2N2O/c17-13-8-12(9-14(18)16(13)19)15(21)10-20-7-6-11-4-2-1-3-5-11/h1-5,8-9,15,20-21H,6-7,10,19H2. The zero-order valence-electron chi connectivity index (χ0n) is 11.5. The summed E-state index contributed by atoms with van der Waals surface area (Å²) in [4.78, 5) is 0. The molecule has 0 aromatic heterocycles. The van der Waals surface area contributed by atoms with Gasteiger partial charge in [0.25, 0.3) is 0 Å². The topological polar surface area (TPSA) is 58.3 Å². The molecule has 21 heavy (non-hydrogen) atoms. The average molecular weight is 325 g/mol. The van der Waals surface area contributed by atoms with Crippen molar-refractivity contribution >= 4 is 28.9 Å². The third-order valence-electron chi connectivity index (χ3n) is 3.26. The maximum absolute atomic E-state index is 10.1. The van der Waals surface area contributed by atoms with Crippen molar-refractivity contribution in [3.63, 3.8) is 0 Å². The summed E-state index contributed by atoms with van der Waals surface area (Å²) in [5.74, 6) is 0. The minimum Gasteiger partial charge on any atom is -0.396 e. The average Bonchev–Trinajstić information content (AvgIpc) is 2.49. The lowest BCUT2D eigenvalue weighted by atomic mass is 10.1. The Morgan fingerprint density at radius 2 is 1.71 bits per heavy atom. The highest BCUT2D eigenvalue weighted by molar-refractivity contribution is 6.38. The van der Waals surface area contributed by atoms with Gasteiger partial charge in [-0.2, -0.15) is 0 Å².